The van der Waals surface area contributed by atoms with E-state index in [1.807, 2.05) is 36.1 Å². The van der Waals surface area contributed by atoms with Gasteiger partial charge in [-0.1, -0.05) is 12.1 Å². The molecule has 3 aliphatic heterocycles. The van der Waals surface area contributed by atoms with Crippen molar-refractivity contribution in [2.24, 2.45) is 5.92 Å². The van der Waals surface area contributed by atoms with Crippen LogP contribution in [0, 0.1) is 12.8 Å². The minimum atomic E-state index is -0.468. The molecule has 1 N–H and O–H groups in total. The molecule has 3 atom stereocenters. The lowest BCUT2D eigenvalue weighted by Crippen LogP contribution is -2.51. The molecule has 3 saturated heterocycles. The molecule has 30 heavy (non-hydrogen) atoms. The van der Waals surface area contributed by atoms with Gasteiger partial charge >= 0.3 is 12.1 Å². The van der Waals surface area contributed by atoms with Crippen molar-refractivity contribution >= 4 is 18.0 Å². The topological polar surface area (TPSA) is 85.4 Å². The van der Waals surface area contributed by atoms with Crippen LogP contribution in [0.1, 0.15) is 18.4 Å². The van der Waals surface area contributed by atoms with Crippen molar-refractivity contribution in [3.8, 4) is 5.75 Å². The smallest absolute Gasteiger partial charge is 0.323 e. The minimum Gasteiger partial charge on any atom is -0.493 e. The van der Waals surface area contributed by atoms with E-state index in [9.17, 15) is 14.4 Å². The number of carbonyl (C=O) groups excluding carboxylic acids is 3. The predicted octanol–water partition coefficient (Wildman–Crippen LogP) is 1.29. The van der Waals surface area contributed by atoms with E-state index in [2.05, 4.69) is 5.32 Å². The van der Waals surface area contributed by atoms with Crippen molar-refractivity contribution in [3.63, 3.8) is 0 Å². The number of amides is 5. The van der Waals surface area contributed by atoms with Crippen LogP contribution in [0.2, 0.25) is 0 Å². The van der Waals surface area contributed by atoms with Gasteiger partial charge in [-0.2, -0.15) is 0 Å². The van der Waals surface area contributed by atoms with E-state index in [0.29, 0.717) is 19.7 Å². The fourth-order valence-electron chi connectivity index (χ4n) is 4.53. The summed E-state index contributed by atoms with van der Waals surface area (Å²) in [4.78, 5) is 43.8. The van der Waals surface area contributed by atoms with E-state index in [1.165, 1.54) is 14.7 Å². The molecule has 0 aromatic heterocycles. The Morgan fingerprint density at radius 1 is 1.23 bits per heavy atom. The first-order chi connectivity index (χ1) is 14.3. The quantitative estimate of drug-likeness (QED) is 0.785. The molecule has 3 fully saturated rings. The second kappa shape index (κ2) is 8.04. The lowest BCUT2D eigenvalue weighted by Gasteiger charge is -2.34. The summed E-state index contributed by atoms with van der Waals surface area (Å²) in [5.41, 5.74) is 1.15. The Labute approximate surface area is 176 Å². The molecular formula is C21H29N5O4. The molecule has 0 saturated carbocycles. The highest BCUT2D eigenvalue weighted by molar-refractivity contribution is 5.88. The molecule has 9 nitrogen and oxygen atoms in total. The lowest BCUT2D eigenvalue weighted by molar-refractivity contribution is -0.134. The molecule has 9 heteroatoms. The van der Waals surface area contributed by atoms with Crippen LogP contribution in [0.25, 0.3) is 0 Å². The summed E-state index contributed by atoms with van der Waals surface area (Å²) in [6, 6.07) is 7.45. The second-order valence-corrected chi connectivity index (χ2v) is 8.42. The first kappa shape index (κ1) is 20.3. The maximum absolute atomic E-state index is 13.0. The first-order valence-corrected chi connectivity index (χ1v) is 10.4. The number of nitrogens with one attached hydrogen (secondary N) is 1. The van der Waals surface area contributed by atoms with E-state index in [0.717, 1.165) is 24.2 Å². The molecule has 5 amide bonds. The summed E-state index contributed by atoms with van der Waals surface area (Å²) in [6.07, 6.45) is 1.02. The number of ether oxygens (including phenoxy) is 1. The van der Waals surface area contributed by atoms with Gasteiger partial charge in [0, 0.05) is 33.1 Å². The maximum Gasteiger partial charge on any atom is 0.323 e. The Morgan fingerprint density at radius 2 is 2.03 bits per heavy atom. The van der Waals surface area contributed by atoms with E-state index in [1.54, 1.807) is 14.1 Å². The highest BCUT2D eigenvalue weighted by Gasteiger charge is 2.53. The third-order valence-corrected chi connectivity index (χ3v) is 6.20. The van der Waals surface area contributed by atoms with Crippen LogP contribution in [-0.2, 0) is 4.79 Å². The van der Waals surface area contributed by atoms with Crippen LogP contribution in [0.15, 0.2) is 24.3 Å². The SMILES string of the molecule is Cc1cccc(OC[C@@H]2CCCN(C(=O)CN3C(=O)N[C@@H]4[C@H]3N(C)C(=O)N4C)C2)c1. The Balaban J connectivity index is 1.34. The molecule has 0 bridgehead atoms. The van der Waals surface area contributed by atoms with Crippen LogP contribution >= 0.6 is 0 Å². The fourth-order valence-corrected chi connectivity index (χ4v) is 4.53. The van der Waals surface area contributed by atoms with Gasteiger partial charge in [-0.15, -0.1) is 0 Å². The molecule has 162 valence electrons. The van der Waals surface area contributed by atoms with Gasteiger partial charge in [0.15, 0.2) is 0 Å². The molecule has 3 heterocycles. The normalized spacial score (nSPS) is 26.2. The van der Waals surface area contributed by atoms with E-state index in [4.69, 9.17) is 4.74 Å². The zero-order valence-electron chi connectivity index (χ0n) is 17.7. The summed E-state index contributed by atoms with van der Waals surface area (Å²) in [7, 11) is 3.30. The van der Waals surface area contributed by atoms with Crippen molar-refractivity contribution in [3.05, 3.63) is 29.8 Å². The molecule has 1 aromatic rings. The Morgan fingerprint density at radius 3 is 2.80 bits per heavy atom. The molecule has 0 spiro atoms. The van der Waals surface area contributed by atoms with Crippen molar-refractivity contribution < 1.29 is 19.1 Å². The largest absolute Gasteiger partial charge is 0.493 e. The summed E-state index contributed by atoms with van der Waals surface area (Å²) >= 11 is 0. The zero-order valence-corrected chi connectivity index (χ0v) is 17.7. The number of likely N-dealkylation sites (tertiary alicyclic amines) is 1. The van der Waals surface area contributed by atoms with Gasteiger partial charge in [0.2, 0.25) is 5.91 Å². The minimum absolute atomic E-state index is 0.0378. The van der Waals surface area contributed by atoms with Gasteiger partial charge < -0.3 is 24.8 Å². The molecule has 1 aromatic carbocycles. The van der Waals surface area contributed by atoms with Gasteiger partial charge in [-0.05, 0) is 37.5 Å². The van der Waals surface area contributed by atoms with Crippen LogP contribution in [0.5, 0.6) is 5.75 Å². The standard InChI is InChI=1S/C21H29N5O4/c1-14-6-4-8-16(10-14)30-13-15-7-5-9-25(11-15)17(27)12-26-19-18(22-20(26)28)23(2)21(29)24(19)3/h4,6,8,10,15,18-19H,5,7,9,11-13H2,1-3H3,(H,22,28)/t15-,18+,19+/m1/s1. The number of piperidine rings is 1. The third kappa shape index (κ3) is 3.76. The van der Waals surface area contributed by atoms with E-state index in [-0.39, 0.29) is 30.4 Å². The summed E-state index contributed by atoms with van der Waals surface area (Å²) < 4.78 is 5.94. The van der Waals surface area contributed by atoms with Gasteiger partial charge in [0.05, 0.1) is 6.61 Å². The predicted molar refractivity (Wildman–Crippen MR) is 110 cm³/mol. The number of nitrogens with zero attached hydrogens (tertiary/aromatic N) is 4. The summed E-state index contributed by atoms with van der Waals surface area (Å²) in [6.45, 7) is 3.84. The van der Waals surface area contributed by atoms with Crippen LogP contribution in [0.4, 0.5) is 9.59 Å². The number of likely N-dealkylation sites (N-methyl/N-ethyl adjacent to an activating group) is 2. The van der Waals surface area contributed by atoms with Crippen molar-refractivity contribution in [2.75, 3.05) is 40.3 Å². The average molecular weight is 415 g/mol. The number of carbonyl (C=O) groups is 3. The van der Waals surface area contributed by atoms with E-state index >= 15 is 0 Å². The zero-order chi connectivity index (χ0) is 21.4. The number of benzene rings is 1. The number of fused-ring (bicyclic) bond motifs is 1. The number of hydrogen-bond acceptors (Lipinski definition) is 4. The average Bonchev–Trinajstić information content (AvgIpc) is 3.16. The third-order valence-electron chi connectivity index (χ3n) is 6.20. The molecular weight excluding hydrogens is 386 g/mol. The number of urea groups is 2. The molecule has 4 rings (SSSR count). The van der Waals surface area contributed by atoms with Gasteiger partial charge in [-0.3, -0.25) is 9.69 Å². The van der Waals surface area contributed by atoms with Crippen molar-refractivity contribution in [1.29, 1.82) is 0 Å². The van der Waals surface area contributed by atoms with Gasteiger partial charge in [-0.25, -0.2) is 9.59 Å². The number of rotatable bonds is 5. The molecule has 0 radical (unpaired) electrons. The van der Waals surface area contributed by atoms with Crippen molar-refractivity contribution in [2.45, 2.75) is 32.1 Å². The Hall–Kier alpha value is -2.97. The van der Waals surface area contributed by atoms with Crippen LogP contribution in [-0.4, -0.2) is 90.2 Å². The second-order valence-electron chi connectivity index (χ2n) is 8.42. The molecule has 0 unspecified atom stereocenters. The number of hydrogen-bond donors (Lipinski definition) is 1. The number of aryl methyl sites for hydroxylation is 1. The Bertz CT molecular complexity index is 846. The van der Waals surface area contributed by atoms with E-state index < -0.39 is 12.3 Å². The highest BCUT2D eigenvalue weighted by Crippen LogP contribution is 2.27. The first-order valence-electron chi connectivity index (χ1n) is 10.4. The lowest BCUT2D eigenvalue weighted by atomic mass is 9.99. The monoisotopic (exact) mass is 415 g/mol. The highest BCUT2D eigenvalue weighted by atomic mass is 16.5. The molecule has 0 aliphatic carbocycles. The Kier molecular flexibility index (Phi) is 5.44. The maximum atomic E-state index is 13.0. The van der Waals surface area contributed by atoms with Gasteiger partial charge in [0.1, 0.15) is 24.6 Å². The van der Waals surface area contributed by atoms with Gasteiger partial charge in [0.25, 0.3) is 0 Å². The molecule has 3 aliphatic rings. The summed E-state index contributed by atoms with van der Waals surface area (Å²) in [5.74, 6) is 1.00. The summed E-state index contributed by atoms with van der Waals surface area (Å²) in [5, 5.41) is 2.80. The fraction of sp³-hybridized carbons (Fsp3) is 0.571. The van der Waals surface area contributed by atoms with Crippen LogP contribution in [0.3, 0.4) is 0 Å². The van der Waals surface area contributed by atoms with Crippen LogP contribution < -0.4 is 10.1 Å². The van der Waals surface area contributed by atoms with Crippen molar-refractivity contribution in [1.82, 2.24) is 24.9 Å².